The van der Waals surface area contributed by atoms with Gasteiger partial charge in [-0.25, -0.2) is 4.98 Å². The van der Waals surface area contributed by atoms with Crippen molar-refractivity contribution in [2.45, 2.75) is 59.4 Å². The third kappa shape index (κ3) is 4.18. The maximum absolute atomic E-state index is 12.4. The van der Waals surface area contributed by atoms with Crippen molar-refractivity contribution in [2.24, 2.45) is 5.92 Å². The normalized spacial score (nSPS) is 19.8. The quantitative estimate of drug-likeness (QED) is 0.908. The fraction of sp³-hybridized carbons (Fsp3) is 0.706. The van der Waals surface area contributed by atoms with Crippen LogP contribution in [-0.2, 0) is 4.79 Å². The number of carbonyl (C=O) groups is 1. The van der Waals surface area contributed by atoms with Crippen LogP contribution >= 0.6 is 0 Å². The van der Waals surface area contributed by atoms with Crippen molar-refractivity contribution in [2.75, 3.05) is 18.0 Å². The van der Waals surface area contributed by atoms with E-state index in [4.69, 9.17) is 0 Å². The maximum atomic E-state index is 12.4. The smallest absolute Gasteiger partial charge is 0.225 e. The van der Waals surface area contributed by atoms with Crippen LogP contribution in [0.2, 0.25) is 0 Å². The van der Waals surface area contributed by atoms with Gasteiger partial charge in [0.25, 0.3) is 0 Å². The summed E-state index contributed by atoms with van der Waals surface area (Å²) >= 11 is 0. The summed E-state index contributed by atoms with van der Waals surface area (Å²) in [6.07, 6.45) is 5.90. The van der Waals surface area contributed by atoms with Gasteiger partial charge in [-0.1, -0.05) is 13.3 Å². The minimum absolute atomic E-state index is 0.0507. The van der Waals surface area contributed by atoms with Crippen LogP contribution in [0, 0.1) is 19.8 Å². The van der Waals surface area contributed by atoms with Gasteiger partial charge in [0.15, 0.2) is 0 Å². The van der Waals surface area contributed by atoms with Crippen molar-refractivity contribution in [1.29, 1.82) is 0 Å². The van der Waals surface area contributed by atoms with Crippen LogP contribution in [0.4, 0.5) is 5.82 Å². The Bertz CT molecular complexity index is 517. The predicted molar refractivity (Wildman–Crippen MR) is 89.0 cm³/mol. The van der Waals surface area contributed by atoms with Crippen LogP contribution in [0.3, 0.4) is 0 Å². The second kappa shape index (κ2) is 7.56. The first-order chi connectivity index (χ1) is 10.5. The minimum Gasteiger partial charge on any atom is -0.354 e. The number of carbonyl (C=O) groups excluding carboxylic acids is 1. The standard InChI is InChI=1S/C17H28N4O/c1-5-7-12(2)20-17(22)15-8-6-9-21(11-15)16-14(4)18-10-13(3)19-16/h10,12,15H,5-9,11H2,1-4H3,(H,20,22). The molecule has 0 radical (unpaired) electrons. The molecule has 1 aromatic heterocycles. The van der Waals surface area contributed by atoms with Crippen LogP contribution in [0.1, 0.15) is 50.9 Å². The van der Waals surface area contributed by atoms with E-state index < -0.39 is 0 Å². The number of hydrogen-bond acceptors (Lipinski definition) is 4. The molecule has 0 aromatic carbocycles. The van der Waals surface area contributed by atoms with Gasteiger partial charge in [0.2, 0.25) is 5.91 Å². The molecule has 5 nitrogen and oxygen atoms in total. The lowest BCUT2D eigenvalue weighted by atomic mass is 9.96. The molecule has 0 aliphatic carbocycles. The molecule has 0 spiro atoms. The lowest BCUT2D eigenvalue weighted by Gasteiger charge is -2.34. The van der Waals surface area contributed by atoms with Gasteiger partial charge in [-0.05, 0) is 40.0 Å². The van der Waals surface area contributed by atoms with Gasteiger partial charge in [0.05, 0.1) is 17.3 Å². The Labute approximate surface area is 133 Å². The molecule has 1 fully saturated rings. The van der Waals surface area contributed by atoms with Crippen molar-refractivity contribution in [3.63, 3.8) is 0 Å². The molecule has 1 saturated heterocycles. The van der Waals surface area contributed by atoms with Crippen LogP contribution in [-0.4, -0.2) is 35.0 Å². The number of amides is 1. The van der Waals surface area contributed by atoms with E-state index >= 15 is 0 Å². The first-order valence-electron chi connectivity index (χ1n) is 8.36. The van der Waals surface area contributed by atoms with Gasteiger partial charge < -0.3 is 10.2 Å². The number of piperidine rings is 1. The van der Waals surface area contributed by atoms with E-state index in [2.05, 4.69) is 34.0 Å². The average Bonchev–Trinajstić information content (AvgIpc) is 2.50. The summed E-state index contributed by atoms with van der Waals surface area (Å²) < 4.78 is 0. The second-order valence-corrected chi connectivity index (χ2v) is 6.40. The van der Waals surface area contributed by atoms with Gasteiger partial charge >= 0.3 is 0 Å². The number of hydrogen-bond donors (Lipinski definition) is 1. The van der Waals surface area contributed by atoms with Gasteiger partial charge in [-0.15, -0.1) is 0 Å². The molecule has 5 heteroatoms. The molecule has 1 aliphatic rings. The van der Waals surface area contributed by atoms with Crippen molar-refractivity contribution in [1.82, 2.24) is 15.3 Å². The lowest BCUT2D eigenvalue weighted by molar-refractivity contribution is -0.125. The Morgan fingerprint density at radius 2 is 2.27 bits per heavy atom. The zero-order valence-corrected chi connectivity index (χ0v) is 14.2. The highest BCUT2D eigenvalue weighted by atomic mass is 16.2. The van der Waals surface area contributed by atoms with Crippen molar-refractivity contribution < 1.29 is 4.79 Å². The fourth-order valence-corrected chi connectivity index (χ4v) is 3.07. The molecule has 2 atom stereocenters. The second-order valence-electron chi connectivity index (χ2n) is 6.40. The number of anilines is 1. The summed E-state index contributed by atoms with van der Waals surface area (Å²) in [4.78, 5) is 23.7. The van der Waals surface area contributed by atoms with Gasteiger partial charge in [-0.2, -0.15) is 0 Å². The maximum Gasteiger partial charge on any atom is 0.225 e. The number of aryl methyl sites for hydroxylation is 2. The molecule has 1 aliphatic heterocycles. The highest BCUT2D eigenvalue weighted by Crippen LogP contribution is 2.24. The van der Waals surface area contributed by atoms with Crippen LogP contribution in [0.15, 0.2) is 6.20 Å². The Hall–Kier alpha value is -1.65. The number of nitrogens with one attached hydrogen (secondary N) is 1. The third-order valence-electron chi connectivity index (χ3n) is 4.25. The Morgan fingerprint density at radius 1 is 1.50 bits per heavy atom. The summed E-state index contributed by atoms with van der Waals surface area (Å²) in [6, 6.07) is 0.258. The van der Waals surface area contributed by atoms with E-state index in [1.165, 1.54) is 0 Å². The molecule has 1 N–H and O–H groups in total. The van der Waals surface area contributed by atoms with E-state index in [1.807, 2.05) is 13.8 Å². The SMILES string of the molecule is CCCC(C)NC(=O)C1CCCN(c2nc(C)cnc2C)C1. The topological polar surface area (TPSA) is 58.1 Å². The molecule has 122 valence electrons. The van der Waals surface area contributed by atoms with E-state index in [-0.39, 0.29) is 17.9 Å². The molecule has 1 amide bonds. The molecule has 2 heterocycles. The monoisotopic (exact) mass is 304 g/mol. The molecule has 0 saturated carbocycles. The summed E-state index contributed by atoms with van der Waals surface area (Å²) in [6.45, 7) is 9.85. The summed E-state index contributed by atoms with van der Waals surface area (Å²) in [5, 5.41) is 3.15. The van der Waals surface area contributed by atoms with Gasteiger partial charge in [0.1, 0.15) is 5.82 Å². The van der Waals surface area contributed by atoms with E-state index in [0.29, 0.717) is 0 Å². The zero-order chi connectivity index (χ0) is 16.1. The van der Waals surface area contributed by atoms with Crippen LogP contribution < -0.4 is 10.2 Å². The van der Waals surface area contributed by atoms with Crippen molar-refractivity contribution >= 4 is 11.7 Å². The molecular formula is C17H28N4O. The number of rotatable bonds is 5. The summed E-state index contributed by atoms with van der Waals surface area (Å²) in [5.74, 6) is 1.16. The first kappa shape index (κ1) is 16.7. The van der Waals surface area contributed by atoms with Crippen molar-refractivity contribution in [3.05, 3.63) is 17.6 Å². The third-order valence-corrected chi connectivity index (χ3v) is 4.25. The molecule has 22 heavy (non-hydrogen) atoms. The highest BCUT2D eigenvalue weighted by Gasteiger charge is 2.28. The Morgan fingerprint density at radius 3 is 3.00 bits per heavy atom. The van der Waals surface area contributed by atoms with Crippen LogP contribution in [0.25, 0.3) is 0 Å². The Balaban J connectivity index is 2.02. The molecular weight excluding hydrogens is 276 g/mol. The first-order valence-corrected chi connectivity index (χ1v) is 8.36. The van der Waals surface area contributed by atoms with Gasteiger partial charge in [0, 0.05) is 25.3 Å². The molecule has 2 unspecified atom stereocenters. The molecule has 2 rings (SSSR count). The van der Waals surface area contributed by atoms with E-state index in [0.717, 1.165) is 56.0 Å². The zero-order valence-electron chi connectivity index (χ0n) is 14.2. The van der Waals surface area contributed by atoms with Crippen LogP contribution in [0.5, 0.6) is 0 Å². The van der Waals surface area contributed by atoms with E-state index in [9.17, 15) is 4.79 Å². The predicted octanol–water partition coefficient (Wildman–Crippen LogP) is 2.61. The van der Waals surface area contributed by atoms with E-state index in [1.54, 1.807) is 6.20 Å². The fourth-order valence-electron chi connectivity index (χ4n) is 3.07. The Kier molecular flexibility index (Phi) is 5.75. The number of aromatic nitrogens is 2. The molecule has 1 aromatic rings. The summed E-state index contributed by atoms with van der Waals surface area (Å²) in [5.41, 5.74) is 1.86. The van der Waals surface area contributed by atoms with Crippen molar-refractivity contribution in [3.8, 4) is 0 Å². The number of nitrogens with zero attached hydrogens (tertiary/aromatic N) is 3. The summed E-state index contributed by atoms with van der Waals surface area (Å²) in [7, 11) is 0. The van der Waals surface area contributed by atoms with Gasteiger partial charge in [-0.3, -0.25) is 9.78 Å². The highest BCUT2D eigenvalue weighted by molar-refractivity contribution is 5.79. The largest absolute Gasteiger partial charge is 0.354 e. The lowest BCUT2D eigenvalue weighted by Crippen LogP contribution is -2.45. The average molecular weight is 304 g/mol. The minimum atomic E-state index is 0.0507. The molecule has 0 bridgehead atoms.